The van der Waals surface area contributed by atoms with Crippen molar-refractivity contribution in [3.05, 3.63) is 69.7 Å². The number of halogens is 3. The zero-order valence-corrected chi connectivity index (χ0v) is 21.9. The second kappa shape index (κ2) is 9.08. The predicted molar refractivity (Wildman–Crippen MR) is 148 cm³/mol. The molecule has 2 aliphatic rings. The highest BCUT2D eigenvalue weighted by molar-refractivity contribution is 6.50. The van der Waals surface area contributed by atoms with Crippen LogP contribution in [-0.4, -0.2) is 73.8 Å². The van der Waals surface area contributed by atoms with Gasteiger partial charge in [0.2, 0.25) is 11.8 Å². The minimum atomic E-state index is -3.79. The van der Waals surface area contributed by atoms with Crippen LogP contribution in [0.5, 0.6) is 0 Å². The van der Waals surface area contributed by atoms with Gasteiger partial charge in [-0.15, -0.1) is 0 Å². The van der Waals surface area contributed by atoms with Crippen molar-refractivity contribution in [3.63, 3.8) is 0 Å². The molecule has 2 aromatic carbocycles. The molecule has 0 bridgehead atoms. The van der Waals surface area contributed by atoms with E-state index < -0.39 is 45.7 Å². The van der Waals surface area contributed by atoms with Crippen LogP contribution in [0.4, 0.5) is 8.78 Å². The summed E-state index contributed by atoms with van der Waals surface area (Å²) in [6, 6.07) is 8.75. The Bertz CT molecular complexity index is 1330. The second-order valence-electron chi connectivity index (χ2n) is 10.8. The van der Waals surface area contributed by atoms with E-state index in [1.807, 2.05) is 0 Å². The summed E-state index contributed by atoms with van der Waals surface area (Å²) in [6.45, 7) is 0.107. The number of hydrogen-bond acceptors (Lipinski definition) is 4. The Labute approximate surface area is 222 Å². The lowest BCUT2D eigenvalue weighted by Gasteiger charge is -2.46. The van der Waals surface area contributed by atoms with E-state index in [1.165, 1.54) is 17.0 Å². The van der Waals surface area contributed by atoms with Crippen LogP contribution in [0.1, 0.15) is 27.0 Å². The average molecular weight is 521 g/mol. The highest BCUT2D eigenvalue weighted by atomic mass is 35.5. The van der Waals surface area contributed by atoms with Gasteiger partial charge in [-0.2, -0.15) is 8.78 Å². The van der Waals surface area contributed by atoms with Crippen molar-refractivity contribution < 1.29 is 28.0 Å². The van der Waals surface area contributed by atoms with Gasteiger partial charge in [0.15, 0.2) is 0 Å². The second-order valence-corrected chi connectivity index (χ2v) is 11.2. The van der Waals surface area contributed by atoms with Crippen LogP contribution in [0.25, 0.3) is 0 Å². The first kappa shape index (κ1) is 27.0. The first-order chi connectivity index (χ1) is 17.1. The van der Waals surface area contributed by atoms with Gasteiger partial charge in [0.25, 0.3) is 11.8 Å². The van der Waals surface area contributed by atoms with Gasteiger partial charge in [0.05, 0.1) is 0 Å². The molecule has 1 fully saturated rings. The number of alkyl halides is 2. The minimum Gasteiger partial charge on any atom is -0.357 e. The molecule has 0 aliphatic carbocycles. The number of nitrogens with one attached hydrogen (secondary N) is 2. The molecule has 0 saturated carbocycles. The van der Waals surface area contributed by atoms with Crippen LogP contribution in [0.15, 0.2) is 42.5 Å². The zero-order chi connectivity index (χ0) is 27.5. The molecule has 15 heteroatoms. The maximum atomic E-state index is 14.9. The Morgan fingerprint density at radius 3 is 2.27 bits per heavy atom. The Morgan fingerprint density at radius 1 is 1.05 bits per heavy atom. The molecule has 2 aliphatic heterocycles. The van der Waals surface area contributed by atoms with Crippen LogP contribution in [-0.2, 0) is 32.2 Å². The molecule has 37 heavy (non-hydrogen) atoms. The molecule has 2 aromatic rings. The normalized spacial score (nSPS) is 21.4. The molecular weight excluding hydrogens is 498 g/mol. The number of amides is 4. The number of imide groups is 1. The Morgan fingerprint density at radius 2 is 1.65 bits per heavy atom. The summed E-state index contributed by atoms with van der Waals surface area (Å²) in [5, 5.41) is 3.02. The zero-order valence-electron chi connectivity index (χ0n) is 21.1. The molecule has 2 N–H and O–H groups in total. The maximum Gasteiger partial charge on any atom is 0.349 e. The minimum absolute atomic E-state index is 0.107. The van der Waals surface area contributed by atoms with E-state index in [0.29, 0.717) is 16.7 Å². The Hall–Kier alpha value is -3.01. The molecule has 186 valence electrons. The van der Waals surface area contributed by atoms with E-state index in [4.69, 9.17) is 11.6 Å². The first-order valence-electron chi connectivity index (χ1n) is 11.8. The van der Waals surface area contributed by atoms with Gasteiger partial charge in [-0.1, -0.05) is 41.1 Å². The van der Waals surface area contributed by atoms with Crippen molar-refractivity contribution in [3.8, 4) is 0 Å². The fraction of sp³-hybridized carbons (Fsp3) is 0.273. The van der Waals surface area contributed by atoms with Crippen LogP contribution in [0.2, 0.25) is 16.1 Å². The van der Waals surface area contributed by atoms with Gasteiger partial charge in [-0.25, -0.2) is 0 Å². The molecule has 0 aromatic heterocycles. The Balaban J connectivity index is 1.58. The highest BCUT2D eigenvalue weighted by Crippen LogP contribution is 2.43. The maximum absolute atomic E-state index is 14.9. The molecule has 2 heterocycles. The van der Waals surface area contributed by atoms with Gasteiger partial charge in [0.1, 0.15) is 45.3 Å². The standard InChI is InChI=1S/C22H23B5ClF2N3O4/c23-14-16(34)31-17(35)15(20(14,24)25)33-8-9-7-11(3-6-13(9)18(33)36)22(26,27)32-19(37)21(29,30)10-1-4-12(28)5-2-10/h1-7,14-15H,8,23-27H2,(H,32,37)(H,31,34,35). The van der Waals surface area contributed by atoms with Crippen LogP contribution in [0.3, 0.4) is 0 Å². The molecule has 4 amide bonds. The number of piperidine rings is 1. The quantitative estimate of drug-likeness (QED) is 0.334. The lowest BCUT2D eigenvalue weighted by atomic mass is 9.39. The molecule has 2 unspecified atom stereocenters. The van der Waals surface area contributed by atoms with Crippen molar-refractivity contribution in [2.75, 3.05) is 0 Å². The van der Waals surface area contributed by atoms with E-state index in [-0.39, 0.29) is 23.4 Å². The molecule has 7 nitrogen and oxygen atoms in total. The topological polar surface area (TPSA) is 95.6 Å². The summed E-state index contributed by atoms with van der Waals surface area (Å²) in [5.74, 6) is -7.04. The molecule has 2 atom stereocenters. The van der Waals surface area contributed by atoms with Gasteiger partial charge in [-0.3, -0.25) is 24.5 Å². The van der Waals surface area contributed by atoms with E-state index in [1.54, 1.807) is 57.4 Å². The molecule has 1 saturated heterocycles. The van der Waals surface area contributed by atoms with E-state index in [2.05, 4.69) is 10.6 Å². The van der Waals surface area contributed by atoms with E-state index >= 15 is 0 Å². The highest BCUT2D eigenvalue weighted by Gasteiger charge is 2.52. The average Bonchev–Trinajstić information content (AvgIpc) is 3.12. The summed E-state index contributed by atoms with van der Waals surface area (Å²) in [7, 11) is 8.44. The third-order valence-corrected chi connectivity index (χ3v) is 7.85. The lowest BCUT2D eigenvalue weighted by molar-refractivity contribution is -0.147. The molecule has 0 radical (unpaired) electrons. The van der Waals surface area contributed by atoms with Crippen molar-refractivity contribution in [2.45, 2.75) is 34.9 Å². The van der Waals surface area contributed by atoms with Crippen molar-refractivity contribution in [2.24, 2.45) is 0 Å². The van der Waals surface area contributed by atoms with Crippen molar-refractivity contribution in [1.29, 1.82) is 0 Å². The Kier molecular flexibility index (Phi) is 6.63. The largest absolute Gasteiger partial charge is 0.357 e. The van der Waals surface area contributed by atoms with E-state index in [9.17, 15) is 28.0 Å². The smallest absolute Gasteiger partial charge is 0.349 e. The molecule has 0 spiro atoms. The van der Waals surface area contributed by atoms with Gasteiger partial charge < -0.3 is 10.2 Å². The van der Waals surface area contributed by atoms with Crippen molar-refractivity contribution in [1.82, 2.24) is 15.5 Å². The summed E-state index contributed by atoms with van der Waals surface area (Å²) in [6.07, 6.45) is 0. The number of nitrogens with zero attached hydrogens (tertiary/aromatic N) is 1. The third-order valence-electron chi connectivity index (χ3n) is 7.60. The summed E-state index contributed by atoms with van der Waals surface area (Å²) in [4.78, 5) is 52.3. The number of benzene rings is 2. The van der Waals surface area contributed by atoms with Crippen LogP contribution in [0, 0.1) is 0 Å². The number of rotatable bonds is 5. The number of hydrogen-bond donors (Lipinski definition) is 2. The predicted octanol–water partition coefficient (Wildman–Crippen LogP) is -2.59. The number of fused-ring (bicyclic) bond motifs is 1. The SMILES string of the molecule is BC1C(=O)NC(=O)C(N2Cc3cc(C(B)(B)NC(=O)C(F)(F)c4ccc(Cl)cc4)ccc3C2=O)C1(B)B. The fourth-order valence-electron chi connectivity index (χ4n) is 4.92. The lowest BCUT2D eigenvalue weighted by Crippen LogP contribution is -2.62. The van der Waals surface area contributed by atoms with Gasteiger partial charge in [-0.05, 0) is 29.3 Å². The number of carbonyl (C=O) groups is 4. The monoisotopic (exact) mass is 521 g/mol. The third kappa shape index (κ3) is 4.60. The first-order valence-corrected chi connectivity index (χ1v) is 12.2. The fourth-order valence-corrected chi connectivity index (χ4v) is 5.05. The number of carbonyl (C=O) groups excluding carboxylic acids is 4. The van der Waals surface area contributed by atoms with Gasteiger partial charge >= 0.3 is 5.92 Å². The van der Waals surface area contributed by atoms with Crippen LogP contribution >= 0.6 is 11.6 Å². The van der Waals surface area contributed by atoms with Crippen LogP contribution < -0.4 is 10.6 Å². The molecular formula is C22H23B5ClF2N3O4. The summed E-state index contributed by atoms with van der Waals surface area (Å²) < 4.78 is 29.7. The van der Waals surface area contributed by atoms with Gasteiger partial charge in [0, 0.05) is 33.8 Å². The molecule has 4 rings (SSSR count). The van der Waals surface area contributed by atoms with E-state index in [0.717, 1.165) is 12.1 Å². The summed E-state index contributed by atoms with van der Waals surface area (Å²) in [5.41, 5.74) is 1.01. The van der Waals surface area contributed by atoms with Crippen molar-refractivity contribution >= 4 is 74.5 Å². The summed E-state index contributed by atoms with van der Waals surface area (Å²) >= 11 is 5.77.